The summed E-state index contributed by atoms with van der Waals surface area (Å²) >= 11 is 3.74. The molecule has 2 aromatic rings. The zero-order chi connectivity index (χ0) is 11.9. The number of fused-ring (bicyclic) bond motifs is 1. The van der Waals surface area contributed by atoms with Crippen LogP contribution in [0.1, 0.15) is 5.56 Å². The van der Waals surface area contributed by atoms with Gasteiger partial charge in [-0.25, -0.2) is 0 Å². The molecular weight excluding hydrogens is 280 g/mol. The topological polar surface area (TPSA) is 18.5 Å². The predicted octanol–water partition coefficient (Wildman–Crippen LogP) is 3.47. The fraction of sp³-hybridized carbons (Fsp3) is 0.286. The number of rotatable bonds is 2. The summed E-state index contributed by atoms with van der Waals surface area (Å²) in [4.78, 5) is 0. The fourth-order valence-corrected chi connectivity index (χ4v) is 2.65. The van der Waals surface area contributed by atoms with Gasteiger partial charge in [-0.3, -0.25) is 0 Å². The maximum absolute atomic E-state index is 5.27. The minimum atomic E-state index is 0.0150. The minimum absolute atomic E-state index is 0.0150. The van der Waals surface area contributed by atoms with E-state index >= 15 is 0 Å². The lowest BCUT2D eigenvalue weighted by Gasteiger charge is -2.36. The van der Waals surface area contributed by atoms with Gasteiger partial charge in [-0.15, -0.1) is 0 Å². The van der Waals surface area contributed by atoms with E-state index in [4.69, 9.17) is 9.47 Å². The van der Waals surface area contributed by atoms with Gasteiger partial charge in [-0.05, 0) is 34.5 Å². The van der Waals surface area contributed by atoms with E-state index in [9.17, 15) is 0 Å². The standard InChI is InChI=1S/C14H13BrO2/c1-16-13-5-3-10-6-12(4-2-11(10)7-13)14(15)8-17-9-14/h2-7H,8-9H2,1H3. The number of hydrogen-bond donors (Lipinski definition) is 0. The molecule has 1 aliphatic rings. The molecule has 1 saturated heterocycles. The van der Waals surface area contributed by atoms with Gasteiger partial charge in [0, 0.05) is 0 Å². The third-order valence-corrected chi connectivity index (χ3v) is 4.14. The highest BCUT2D eigenvalue weighted by molar-refractivity contribution is 9.09. The lowest BCUT2D eigenvalue weighted by Crippen LogP contribution is -2.40. The Bertz CT molecular complexity index is 561. The van der Waals surface area contributed by atoms with E-state index in [0.29, 0.717) is 0 Å². The van der Waals surface area contributed by atoms with Gasteiger partial charge >= 0.3 is 0 Å². The summed E-state index contributed by atoms with van der Waals surface area (Å²) < 4.78 is 10.5. The van der Waals surface area contributed by atoms with Crippen molar-refractivity contribution in [2.45, 2.75) is 4.32 Å². The van der Waals surface area contributed by atoms with E-state index in [-0.39, 0.29) is 4.32 Å². The maximum atomic E-state index is 5.27. The first kappa shape index (κ1) is 11.1. The first-order chi connectivity index (χ1) is 8.21. The molecule has 1 heterocycles. The van der Waals surface area contributed by atoms with Crippen molar-refractivity contribution in [1.29, 1.82) is 0 Å². The van der Waals surface area contributed by atoms with Crippen LogP contribution in [0.5, 0.6) is 5.75 Å². The zero-order valence-electron chi connectivity index (χ0n) is 9.57. The van der Waals surface area contributed by atoms with E-state index in [1.165, 1.54) is 16.3 Å². The lowest BCUT2D eigenvalue weighted by molar-refractivity contribution is -0.00692. The molecule has 0 radical (unpaired) electrons. The zero-order valence-corrected chi connectivity index (χ0v) is 11.2. The Balaban J connectivity index is 2.07. The van der Waals surface area contributed by atoms with Crippen LogP contribution in [0.4, 0.5) is 0 Å². The van der Waals surface area contributed by atoms with Crippen LogP contribution in [0, 0.1) is 0 Å². The van der Waals surface area contributed by atoms with Crippen LogP contribution >= 0.6 is 15.9 Å². The molecule has 0 amide bonds. The molecule has 2 nitrogen and oxygen atoms in total. The van der Waals surface area contributed by atoms with Gasteiger partial charge in [-0.1, -0.05) is 34.1 Å². The Kier molecular flexibility index (Phi) is 2.60. The summed E-state index contributed by atoms with van der Waals surface area (Å²) in [5, 5.41) is 2.43. The van der Waals surface area contributed by atoms with E-state index in [0.717, 1.165) is 19.0 Å². The molecule has 0 unspecified atom stereocenters. The predicted molar refractivity (Wildman–Crippen MR) is 71.9 cm³/mol. The lowest BCUT2D eigenvalue weighted by atomic mass is 9.95. The summed E-state index contributed by atoms with van der Waals surface area (Å²) in [6.45, 7) is 1.49. The molecule has 88 valence electrons. The number of benzene rings is 2. The van der Waals surface area contributed by atoms with Crippen molar-refractivity contribution in [3.63, 3.8) is 0 Å². The Labute approximate surface area is 109 Å². The molecule has 0 N–H and O–H groups in total. The molecule has 0 spiro atoms. The van der Waals surface area contributed by atoms with Crippen molar-refractivity contribution in [2.75, 3.05) is 20.3 Å². The number of methoxy groups -OCH3 is 1. The highest BCUT2D eigenvalue weighted by Gasteiger charge is 2.37. The van der Waals surface area contributed by atoms with Crippen molar-refractivity contribution in [2.24, 2.45) is 0 Å². The van der Waals surface area contributed by atoms with Gasteiger partial charge in [0.2, 0.25) is 0 Å². The normalized spacial score (nSPS) is 17.8. The number of hydrogen-bond acceptors (Lipinski definition) is 2. The largest absolute Gasteiger partial charge is 0.497 e. The molecule has 2 aromatic carbocycles. The molecule has 0 aliphatic carbocycles. The third kappa shape index (κ3) is 1.83. The molecule has 1 aliphatic heterocycles. The minimum Gasteiger partial charge on any atom is -0.497 e. The van der Waals surface area contributed by atoms with E-state index in [2.05, 4.69) is 46.3 Å². The van der Waals surface area contributed by atoms with Gasteiger partial charge in [0.1, 0.15) is 5.75 Å². The molecule has 0 atom stereocenters. The Morgan fingerprint density at radius 2 is 1.82 bits per heavy atom. The summed E-state index contributed by atoms with van der Waals surface area (Å²) in [5.74, 6) is 0.894. The Hall–Kier alpha value is -1.06. The van der Waals surface area contributed by atoms with Crippen molar-refractivity contribution >= 4 is 26.7 Å². The Morgan fingerprint density at radius 1 is 1.12 bits per heavy atom. The smallest absolute Gasteiger partial charge is 0.119 e. The average Bonchev–Trinajstić information content (AvgIpc) is 2.34. The van der Waals surface area contributed by atoms with Crippen LogP contribution in [-0.2, 0) is 9.06 Å². The Morgan fingerprint density at radius 3 is 2.47 bits per heavy atom. The maximum Gasteiger partial charge on any atom is 0.119 e. The fourth-order valence-electron chi connectivity index (χ4n) is 2.08. The van der Waals surface area contributed by atoms with Crippen molar-refractivity contribution < 1.29 is 9.47 Å². The second-order valence-electron chi connectivity index (χ2n) is 4.39. The number of alkyl halides is 1. The second-order valence-corrected chi connectivity index (χ2v) is 5.90. The van der Waals surface area contributed by atoms with Crippen LogP contribution < -0.4 is 4.74 Å². The molecule has 3 rings (SSSR count). The van der Waals surface area contributed by atoms with Crippen molar-refractivity contribution in [3.05, 3.63) is 42.0 Å². The van der Waals surface area contributed by atoms with Gasteiger partial charge < -0.3 is 9.47 Å². The number of ether oxygens (including phenoxy) is 2. The van der Waals surface area contributed by atoms with E-state index in [1.807, 2.05) is 6.07 Å². The summed E-state index contributed by atoms with van der Waals surface area (Å²) in [6.07, 6.45) is 0. The van der Waals surface area contributed by atoms with Crippen molar-refractivity contribution in [1.82, 2.24) is 0 Å². The SMILES string of the molecule is COc1ccc2cc(C3(Br)COC3)ccc2c1. The van der Waals surface area contributed by atoms with Crippen LogP contribution in [0.3, 0.4) is 0 Å². The van der Waals surface area contributed by atoms with Crippen LogP contribution in [0.2, 0.25) is 0 Å². The van der Waals surface area contributed by atoms with Gasteiger partial charge in [0.05, 0.1) is 24.6 Å². The van der Waals surface area contributed by atoms with Gasteiger partial charge in [0.15, 0.2) is 0 Å². The van der Waals surface area contributed by atoms with E-state index in [1.54, 1.807) is 7.11 Å². The molecule has 3 heteroatoms. The summed E-state index contributed by atoms with van der Waals surface area (Å²) in [6, 6.07) is 12.6. The van der Waals surface area contributed by atoms with E-state index < -0.39 is 0 Å². The highest BCUT2D eigenvalue weighted by Crippen LogP contribution is 2.39. The average molecular weight is 293 g/mol. The third-order valence-electron chi connectivity index (χ3n) is 3.23. The molecule has 0 saturated carbocycles. The molecule has 0 bridgehead atoms. The first-order valence-corrected chi connectivity index (χ1v) is 6.35. The molecular formula is C14H13BrO2. The van der Waals surface area contributed by atoms with Crippen molar-refractivity contribution in [3.8, 4) is 5.75 Å². The van der Waals surface area contributed by atoms with Crippen LogP contribution in [0.15, 0.2) is 36.4 Å². The molecule has 17 heavy (non-hydrogen) atoms. The summed E-state index contributed by atoms with van der Waals surface area (Å²) in [7, 11) is 1.69. The summed E-state index contributed by atoms with van der Waals surface area (Å²) in [5.41, 5.74) is 1.28. The first-order valence-electron chi connectivity index (χ1n) is 5.56. The highest BCUT2D eigenvalue weighted by atomic mass is 79.9. The molecule has 0 aromatic heterocycles. The second kappa shape index (κ2) is 4.00. The quantitative estimate of drug-likeness (QED) is 0.789. The monoisotopic (exact) mass is 292 g/mol. The van der Waals surface area contributed by atoms with Gasteiger partial charge in [-0.2, -0.15) is 0 Å². The van der Waals surface area contributed by atoms with Gasteiger partial charge in [0.25, 0.3) is 0 Å². The number of halogens is 1. The van der Waals surface area contributed by atoms with Crippen LogP contribution in [0.25, 0.3) is 10.8 Å². The van der Waals surface area contributed by atoms with Crippen LogP contribution in [-0.4, -0.2) is 20.3 Å². The molecule has 1 fully saturated rings.